The van der Waals surface area contributed by atoms with Gasteiger partial charge in [-0.2, -0.15) is 0 Å². The number of nitrogens with one attached hydrogen (secondary N) is 2. The van der Waals surface area contributed by atoms with Gasteiger partial charge in [0.2, 0.25) is 11.1 Å². The number of benzene rings is 3. The average Bonchev–Trinajstić information content (AvgIpc) is 3.25. The molecule has 2 heterocycles. The van der Waals surface area contributed by atoms with Crippen LogP contribution in [0.4, 0.5) is 10.1 Å². The Balaban J connectivity index is 1.50. The van der Waals surface area contributed by atoms with Gasteiger partial charge >= 0.3 is 0 Å². The average molecular weight is 480 g/mol. The van der Waals surface area contributed by atoms with Gasteiger partial charge in [0.1, 0.15) is 11.1 Å². The third kappa shape index (κ3) is 4.31. The lowest BCUT2D eigenvalue weighted by atomic mass is 10.0. The molecule has 1 aliphatic heterocycles. The lowest BCUT2D eigenvalue weighted by Crippen LogP contribution is -2.41. The monoisotopic (exact) mass is 479 g/mol. The van der Waals surface area contributed by atoms with E-state index < -0.39 is 11.3 Å². The molecule has 0 saturated carbocycles. The maximum Gasteiger partial charge on any atom is 0.240 e. The van der Waals surface area contributed by atoms with Crippen LogP contribution in [-0.2, 0) is 4.79 Å². The Morgan fingerprint density at radius 1 is 1.09 bits per heavy atom. The molecule has 0 aliphatic carbocycles. The van der Waals surface area contributed by atoms with Crippen LogP contribution in [0, 0.1) is 12.7 Å². The summed E-state index contributed by atoms with van der Waals surface area (Å²) < 4.78 is 15.4. The summed E-state index contributed by atoms with van der Waals surface area (Å²) in [5.41, 5.74) is 6.56. The summed E-state index contributed by atoms with van der Waals surface area (Å²) in [6.07, 6.45) is 0. The number of nitrogens with zero attached hydrogens (tertiary/aromatic N) is 3. The molecule has 5 rings (SSSR count). The minimum absolute atomic E-state index is 0.225. The molecule has 2 N–H and O–H groups in total. The van der Waals surface area contributed by atoms with Gasteiger partial charge in [0.25, 0.3) is 0 Å². The van der Waals surface area contributed by atoms with Gasteiger partial charge in [-0.1, -0.05) is 71.9 Å². The van der Waals surface area contributed by atoms with Crippen LogP contribution in [0.3, 0.4) is 0 Å². The van der Waals surface area contributed by atoms with Crippen LogP contribution in [0.15, 0.2) is 78.0 Å². The standard InChI is InChI=1S/C24H19ClFN5OS/c1-14-7-12-18(13-19(14)25)27-23(32)21-20(15-8-10-17(26)11-9-15)30-31-22(28-29-24(31)33-21)16-5-3-2-4-6-16/h2-13,20-21,30H,1H3,(H,27,32)/t20-,21+/m0/s1. The maximum absolute atomic E-state index is 13.6. The number of halogens is 2. The smallest absolute Gasteiger partial charge is 0.240 e. The summed E-state index contributed by atoms with van der Waals surface area (Å²) >= 11 is 7.53. The number of carbonyl (C=O) groups excluding carboxylic acids is 1. The molecule has 0 radical (unpaired) electrons. The van der Waals surface area contributed by atoms with Crippen molar-refractivity contribution in [1.29, 1.82) is 0 Å². The molecule has 0 spiro atoms. The van der Waals surface area contributed by atoms with Crippen molar-refractivity contribution in [2.24, 2.45) is 0 Å². The van der Waals surface area contributed by atoms with Crippen molar-refractivity contribution in [2.75, 3.05) is 10.7 Å². The van der Waals surface area contributed by atoms with Crippen LogP contribution < -0.4 is 10.7 Å². The van der Waals surface area contributed by atoms with Crippen molar-refractivity contribution in [3.63, 3.8) is 0 Å². The lowest BCUT2D eigenvalue weighted by molar-refractivity contribution is -0.116. The van der Waals surface area contributed by atoms with Crippen molar-refractivity contribution in [2.45, 2.75) is 23.4 Å². The number of anilines is 1. The van der Waals surface area contributed by atoms with Crippen molar-refractivity contribution in [3.05, 3.63) is 94.8 Å². The number of rotatable bonds is 4. The highest BCUT2D eigenvalue weighted by molar-refractivity contribution is 8.00. The summed E-state index contributed by atoms with van der Waals surface area (Å²) in [7, 11) is 0. The van der Waals surface area contributed by atoms with Crippen LogP contribution >= 0.6 is 23.4 Å². The predicted octanol–water partition coefficient (Wildman–Crippen LogP) is 5.44. The van der Waals surface area contributed by atoms with E-state index in [1.54, 1.807) is 22.9 Å². The van der Waals surface area contributed by atoms with Gasteiger partial charge in [0.15, 0.2) is 5.82 Å². The van der Waals surface area contributed by atoms with Crippen molar-refractivity contribution >= 4 is 35.0 Å². The van der Waals surface area contributed by atoms with E-state index in [0.29, 0.717) is 21.7 Å². The zero-order valence-corrected chi connectivity index (χ0v) is 19.1. The van der Waals surface area contributed by atoms with E-state index in [0.717, 1.165) is 16.7 Å². The molecule has 1 amide bonds. The Bertz CT molecular complexity index is 1310. The second-order valence-electron chi connectivity index (χ2n) is 7.66. The Morgan fingerprint density at radius 3 is 2.58 bits per heavy atom. The first kappa shape index (κ1) is 21.5. The van der Waals surface area contributed by atoms with E-state index in [4.69, 9.17) is 11.6 Å². The molecule has 0 saturated heterocycles. The molecule has 0 unspecified atom stereocenters. The molecule has 4 aromatic rings. The molecule has 33 heavy (non-hydrogen) atoms. The molecule has 2 atom stereocenters. The minimum Gasteiger partial charge on any atom is -0.325 e. The number of aromatic nitrogens is 3. The fraction of sp³-hybridized carbons (Fsp3) is 0.125. The first-order valence-corrected chi connectivity index (χ1v) is 11.5. The van der Waals surface area contributed by atoms with Crippen molar-refractivity contribution in [3.8, 4) is 11.4 Å². The van der Waals surface area contributed by atoms with Crippen molar-refractivity contribution in [1.82, 2.24) is 14.9 Å². The molecule has 166 valence electrons. The largest absolute Gasteiger partial charge is 0.325 e. The molecular weight excluding hydrogens is 461 g/mol. The first-order chi connectivity index (χ1) is 16.0. The highest BCUT2D eigenvalue weighted by Crippen LogP contribution is 2.39. The molecular formula is C24H19ClFN5OS. The Hall–Kier alpha value is -3.36. The normalized spacial score (nSPS) is 17.2. The Kier molecular flexibility index (Phi) is 5.78. The van der Waals surface area contributed by atoms with E-state index in [-0.39, 0.29) is 11.7 Å². The van der Waals surface area contributed by atoms with Crippen LogP contribution in [0.1, 0.15) is 17.2 Å². The molecule has 9 heteroatoms. The van der Waals surface area contributed by atoms with Gasteiger partial charge in [0.05, 0.1) is 6.04 Å². The van der Waals surface area contributed by atoms with E-state index in [2.05, 4.69) is 20.9 Å². The SMILES string of the molecule is Cc1ccc(NC(=O)[C@@H]2Sc3nnc(-c4ccccc4)n3N[C@H]2c2ccc(F)cc2)cc1Cl. The second-order valence-corrected chi connectivity index (χ2v) is 9.17. The molecule has 6 nitrogen and oxygen atoms in total. The third-order valence-electron chi connectivity index (χ3n) is 5.40. The van der Waals surface area contributed by atoms with Gasteiger partial charge in [0, 0.05) is 16.3 Å². The molecule has 1 aliphatic rings. The maximum atomic E-state index is 13.6. The summed E-state index contributed by atoms with van der Waals surface area (Å²) in [5.74, 6) is 0.0686. The third-order valence-corrected chi connectivity index (χ3v) is 7.02. The zero-order valence-electron chi connectivity index (χ0n) is 17.5. The molecule has 3 aromatic carbocycles. The number of hydrogen-bond acceptors (Lipinski definition) is 5. The van der Waals surface area contributed by atoms with Gasteiger partial charge < -0.3 is 10.7 Å². The Labute approximate surface area is 199 Å². The fourth-order valence-electron chi connectivity index (χ4n) is 3.63. The van der Waals surface area contributed by atoms with Crippen LogP contribution in [0.2, 0.25) is 5.02 Å². The van der Waals surface area contributed by atoms with Gasteiger partial charge in [-0.05, 0) is 42.3 Å². The number of amides is 1. The summed E-state index contributed by atoms with van der Waals surface area (Å²) in [5, 5.41) is 12.1. The summed E-state index contributed by atoms with van der Waals surface area (Å²) in [6, 6.07) is 20.7. The minimum atomic E-state index is -0.587. The van der Waals surface area contributed by atoms with Crippen LogP contribution in [-0.4, -0.2) is 26.0 Å². The highest BCUT2D eigenvalue weighted by atomic mass is 35.5. The van der Waals surface area contributed by atoms with E-state index in [9.17, 15) is 9.18 Å². The number of hydrogen-bond donors (Lipinski definition) is 2. The fourth-order valence-corrected chi connectivity index (χ4v) is 4.89. The van der Waals surface area contributed by atoms with E-state index >= 15 is 0 Å². The second kappa shape index (κ2) is 8.88. The quantitative estimate of drug-likeness (QED) is 0.407. The molecule has 1 aromatic heterocycles. The number of carbonyl (C=O) groups is 1. The zero-order chi connectivity index (χ0) is 22.9. The van der Waals surface area contributed by atoms with Gasteiger partial charge in [-0.15, -0.1) is 10.2 Å². The first-order valence-electron chi connectivity index (χ1n) is 10.3. The topological polar surface area (TPSA) is 71.8 Å². The van der Waals surface area contributed by atoms with Crippen LogP contribution in [0.25, 0.3) is 11.4 Å². The molecule has 0 bridgehead atoms. The summed E-state index contributed by atoms with van der Waals surface area (Å²) in [6.45, 7) is 1.90. The molecule has 0 fully saturated rings. The number of aryl methyl sites for hydroxylation is 1. The summed E-state index contributed by atoms with van der Waals surface area (Å²) in [4.78, 5) is 13.4. The highest BCUT2D eigenvalue weighted by Gasteiger charge is 2.38. The predicted molar refractivity (Wildman–Crippen MR) is 128 cm³/mol. The number of thioether (sulfide) groups is 1. The van der Waals surface area contributed by atoms with Gasteiger partial charge in [-0.3, -0.25) is 4.79 Å². The van der Waals surface area contributed by atoms with Crippen LogP contribution in [0.5, 0.6) is 0 Å². The number of fused-ring (bicyclic) bond motifs is 1. The van der Waals surface area contributed by atoms with Crippen molar-refractivity contribution < 1.29 is 9.18 Å². The van der Waals surface area contributed by atoms with E-state index in [1.165, 1.54) is 23.9 Å². The van der Waals surface area contributed by atoms with Gasteiger partial charge in [-0.25, -0.2) is 9.07 Å². The Morgan fingerprint density at radius 2 is 1.85 bits per heavy atom. The lowest BCUT2D eigenvalue weighted by Gasteiger charge is -2.33. The van der Waals surface area contributed by atoms with E-state index in [1.807, 2.05) is 49.4 Å².